The summed E-state index contributed by atoms with van der Waals surface area (Å²) in [7, 11) is 3.39. The molecule has 0 aliphatic rings. The van der Waals surface area contributed by atoms with E-state index in [1.807, 2.05) is 54.6 Å². The Kier molecular flexibility index (Phi) is 7.51. The monoisotopic (exact) mass is 498 g/mol. The summed E-state index contributed by atoms with van der Waals surface area (Å²) >= 11 is 6.33. The van der Waals surface area contributed by atoms with Gasteiger partial charge in [-0.3, -0.25) is 19.0 Å². The molecule has 0 spiro atoms. The molecule has 1 heterocycles. The molecule has 4 aromatic rings. The molecule has 182 valence electrons. The van der Waals surface area contributed by atoms with Crippen molar-refractivity contribution in [1.29, 1.82) is 0 Å². The smallest absolute Gasteiger partial charge is 0.259 e. The molecule has 1 aromatic heterocycles. The van der Waals surface area contributed by atoms with Gasteiger partial charge in [0, 0.05) is 42.6 Å². The quantitative estimate of drug-likeness (QED) is 0.230. The van der Waals surface area contributed by atoms with Crippen molar-refractivity contribution < 1.29 is 9.59 Å². The Morgan fingerprint density at radius 1 is 0.944 bits per heavy atom. The third kappa shape index (κ3) is 5.16. The van der Waals surface area contributed by atoms with E-state index in [1.54, 1.807) is 49.9 Å². The van der Waals surface area contributed by atoms with Crippen LogP contribution in [0.25, 0.3) is 28.0 Å². The fraction of sp³-hybridized carbons (Fsp3) is 0.167. The van der Waals surface area contributed by atoms with Crippen LogP contribution in [-0.2, 0) is 11.3 Å². The van der Waals surface area contributed by atoms with Crippen molar-refractivity contribution in [2.45, 2.75) is 19.9 Å². The average Bonchev–Trinajstić information content (AvgIpc) is 2.88. The molecule has 1 amide bonds. The Hall–Kier alpha value is -3.96. The van der Waals surface area contributed by atoms with E-state index in [1.165, 1.54) is 11.0 Å². The Labute approximate surface area is 215 Å². The number of pyridine rings is 1. The van der Waals surface area contributed by atoms with Crippen molar-refractivity contribution in [3.8, 4) is 11.1 Å². The molecule has 6 heteroatoms. The van der Waals surface area contributed by atoms with Gasteiger partial charge in [-0.05, 0) is 52.4 Å². The molecule has 0 aliphatic carbocycles. The zero-order valence-electron chi connectivity index (χ0n) is 20.5. The minimum absolute atomic E-state index is 0.117. The minimum Gasteiger partial charge on any atom is -0.345 e. The summed E-state index contributed by atoms with van der Waals surface area (Å²) in [6.45, 7) is 2.00. The molecule has 0 saturated heterocycles. The van der Waals surface area contributed by atoms with Gasteiger partial charge in [-0.25, -0.2) is 0 Å². The zero-order valence-corrected chi connectivity index (χ0v) is 21.3. The number of nitrogens with zero attached hydrogens (tertiary/aromatic N) is 2. The van der Waals surface area contributed by atoms with E-state index in [9.17, 15) is 14.4 Å². The predicted octanol–water partition coefficient (Wildman–Crippen LogP) is 6.06. The molecule has 0 fully saturated rings. The first-order valence-corrected chi connectivity index (χ1v) is 12.1. The summed E-state index contributed by atoms with van der Waals surface area (Å²) in [5.74, 6) is -0.242. The maximum Gasteiger partial charge on any atom is 0.259 e. The van der Waals surface area contributed by atoms with Crippen LogP contribution in [0.1, 0.15) is 35.0 Å². The van der Waals surface area contributed by atoms with Crippen molar-refractivity contribution in [2.24, 2.45) is 0 Å². The highest BCUT2D eigenvalue weighted by Gasteiger charge is 2.22. The Morgan fingerprint density at radius 3 is 2.39 bits per heavy atom. The van der Waals surface area contributed by atoms with Crippen LogP contribution in [0.3, 0.4) is 0 Å². The Balaban J connectivity index is 1.94. The SMILES string of the molecule is CCC(=O)c1c(-c2ccccc2)c2cc(Cl)ccc2c(=O)n1Cc1cccc(/C=C/C(=O)N(C)C)c1. The van der Waals surface area contributed by atoms with Crippen molar-refractivity contribution in [1.82, 2.24) is 9.47 Å². The molecule has 3 aromatic carbocycles. The Bertz CT molecular complexity index is 1540. The molecular formula is C30H27ClN2O3. The van der Waals surface area contributed by atoms with Gasteiger partial charge in [-0.1, -0.05) is 67.1 Å². The largest absolute Gasteiger partial charge is 0.345 e. The van der Waals surface area contributed by atoms with E-state index in [0.717, 1.165) is 16.7 Å². The number of hydrogen-bond acceptors (Lipinski definition) is 3. The fourth-order valence-corrected chi connectivity index (χ4v) is 4.39. The molecule has 0 radical (unpaired) electrons. The van der Waals surface area contributed by atoms with Crippen molar-refractivity contribution in [3.63, 3.8) is 0 Å². The first kappa shape index (κ1) is 25.1. The molecule has 0 aliphatic heterocycles. The van der Waals surface area contributed by atoms with Crippen LogP contribution in [0.5, 0.6) is 0 Å². The number of hydrogen-bond donors (Lipinski definition) is 0. The van der Waals surface area contributed by atoms with Crippen LogP contribution >= 0.6 is 11.6 Å². The lowest BCUT2D eigenvalue weighted by Crippen LogP contribution is -2.28. The van der Waals surface area contributed by atoms with E-state index in [0.29, 0.717) is 27.1 Å². The van der Waals surface area contributed by atoms with Crippen molar-refractivity contribution in [3.05, 3.63) is 111 Å². The maximum absolute atomic E-state index is 13.7. The fourth-order valence-electron chi connectivity index (χ4n) is 4.22. The third-order valence-corrected chi connectivity index (χ3v) is 6.27. The number of likely N-dealkylation sites (N-methyl/N-ethyl adjacent to an activating group) is 1. The number of ketones is 1. The van der Waals surface area contributed by atoms with Gasteiger partial charge in [-0.2, -0.15) is 0 Å². The molecule has 0 N–H and O–H groups in total. The number of benzene rings is 3. The second-order valence-corrected chi connectivity index (χ2v) is 9.20. The van der Waals surface area contributed by atoms with Crippen LogP contribution in [0.15, 0.2) is 83.7 Å². The van der Waals surface area contributed by atoms with Gasteiger partial charge in [0.05, 0.1) is 12.2 Å². The van der Waals surface area contributed by atoms with E-state index < -0.39 is 0 Å². The highest BCUT2D eigenvalue weighted by molar-refractivity contribution is 6.31. The molecule has 4 rings (SSSR count). The lowest BCUT2D eigenvalue weighted by Gasteiger charge is -2.19. The lowest BCUT2D eigenvalue weighted by molar-refractivity contribution is -0.123. The van der Waals surface area contributed by atoms with E-state index in [-0.39, 0.29) is 30.2 Å². The summed E-state index contributed by atoms with van der Waals surface area (Å²) in [4.78, 5) is 40.6. The van der Waals surface area contributed by atoms with Gasteiger partial charge in [0.2, 0.25) is 5.91 Å². The molecule has 0 atom stereocenters. The van der Waals surface area contributed by atoms with Crippen LogP contribution in [0, 0.1) is 0 Å². The van der Waals surface area contributed by atoms with Gasteiger partial charge in [0.25, 0.3) is 5.56 Å². The molecule has 0 unspecified atom stereocenters. The van der Waals surface area contributed by atoms with Crippen molar-refractivity contribution in [2.75, 3.05) is 14.1 Å². The summed E-state index contributed by atoms with van der Waals surface area (Å²) in [5.41, 5.74) is 3.33. The van der Waals surface area contributed by atoms with Gasteiger partial charge in [-0.15, -0.1) is 0 Å². The highest BCUT2D eigenvalue weighted by Crippen LogP contribution is 2.33. The van der Waals surface area contributed by atoms with Gasteiger partial charge in [0.1, 0.15) is 0 Å². The molecule has 5 nitrogen and oxygen atoms in total. The first-order valence-electron chi connectivity index (χ1n) is 11.7. The first-order chi connectivity index (χ1) is 17.3. The number of fused-ring (bicyclic) bond motifs is 1. The minimum atomic E-state index is -0.248. The topological polar surface area (TPSA) is 59.4 Å². The standard InChI is InChI=1S/C30H27ClN2O3/c1-4-26(34)29-28(22-11-6-5-7-12-22)25-18-23(31)14-15-24(25)30(36)33(29)19-21-10-8-9-20(17-21)13-16-27(35)32(2)3/h5-18H,4,19H2,1-3H3/b16-13+. The summed E-state index contributed by atoms with van der Waals surface area (Å²) in [6.07, 6.45) is 3.50. The highest BCUT2D eigenvalue weighted by atomic mass is 35.5. The number of carbonyl (C=O) groups excluding carboxylic acids is 2. The number of amides is 1. The Morgan fingerprint density at radius 2 is 1.69 bits per heavy atom. The number of halogens is 1. The van der Waals surface area contributed by atoms with E-state index >= 15 is 0 Å². The zero-order chi connectivity index (χ0) is 25.8. The lowest BCUT2D eigenvalue weighted by atomic mass is 9.94. The third-order valence-electron chi connectivity index (χ3n) is 6.03. The second kappa shape index (κ2) is 10.8. The van der Waals surface area contributed by atoms with Crippen molar-refractivity contribution >= 4 is 40.1 Å². The maximum atomic E-state index is 13.7. The van der Waals surface area contributed by atoms with Gasteiger partial charge < -0.3 is 4.90 Å². The van der Waals surface area contributed by atoms with Gasteiger partial charge >= 0.3 is 0 Å². The van der Waals surface area contributed by atoms with Crippen LogP contribution in [-0.4, -0.2) is 35.3 Å². The summed E-state index contributed by atoms with van der Waals surface area (Å²) < 4.78 is 1.57. The number of rotatable bonds is 7. The number of Topliss-reactive ketones (excluding diaryl/α,β-unsaturated/α-hetero) is 1. The predicted molar refractivity (Wildman–Crippen MR) is 147 cm³/mol. The molecule has 0 saturated carbocycles. The van der Waals surface area contributed by atoms with Gasteiger partial charge in [0.15, 0.2) is 5.78 Å². The van der Waals surface area contributed by atoms with Crippen LogP contribution < -0.4 is 5.56 Å². The normalized spacial score (nSPS) is 11.2. The second-order valence-electron chi connectivity index (χ2n) is 8.76. The molecular weight excluding hydrogens is 472 g/mol. The summed E-state index contributed by atoms with van der Waals surface area (Å²) in [5, 5.41) is 1.66. The molecule has 0 bridgehead atoms. The average molecular weight is 499 g/mol. The van der Waals surface area contributed by atoms with Crippen LogP contribution in [0.4, 0.5) is 0 Å². The van der Waals surface area contributed by atoms with E-state index in [4.69, 9.17) is 11.6 Å². The number of carbonyl (C=O) groups is 2. The van der Waals surface area contributed by atoms with E-state index in [2.05, 4.69) is 0 Å². The van der Waals surface area contributed by atoms with Crippen LogP contribution in [0.2, 0.25) is 5.02 Å². The summed E-state index contributed by atoms with van der Waals surface area (Å²) in [6, 6.07) is 22.4. The molecule has 36 heavy (non-hydrogen) atoms. The number of aromatic nitrogens is 1.